The monoisotopic (exact) mass is 446 g/mol. The van der Waals surface area contributed by atoms with E-state index in [1.165, 1.54) is 0 Å². The number of ether oxygens (including phenoxy) is 1. The van der Waals surface area contributed by atoms with Gasteiger partial charge in [-0.1, -0.05) is 49.4 Å². The number of hydrogen-bond donors (Lipinski definition) is 0. The Kier molecular flexibility index (Phi) is 6.73. The second-order valence-corrected chi connectivity index (χ2v) is 8.07. The highest BCUT2D eigenvalue weighted by Crippen LogP contribution is 2.43. The molecule has 2 amide bonds. The predicted molar refractivity (Wildman–Crippen MR) is 127 cm³/mol. The highest BCUT2D eigenvalue weighted by atomic mass is 19.1. The molecule has 6 heteroatoms. The lowest BCUT2D eigenvalue weighted by atomic mass is 9.89. The molecule has 0 aromatic heterocycles. The van der Waals surface area contributed by atoms with Crippen LogP contribution in [0.25, 0.3) is 0 Å². The third-order valence-corrected chi connectivity index (χ3v) is 6.00. The van der Waals surface area contributed by atoms with Crippen LogP contribution in [0.1, 0.15) is 48.7 Å². The zero-order valence-electron chi connectivity index (χ0n) is 18.8. The van der Waals surface area contributed by atoms with Gasteiger partial charge in [-0.25, -0.2) is 4.39 Å². The second-order valence-electron chi connectivity index (χ2n) is 8.07. The van der Waals surface area contributed by atoms with Crippen LogP contribution < -0.4 is 14.5 Å². The molecule has 2 atom stereocenters. The number of rotatable bonds is 6. The van der Waals surface area contributed by atoms with Crippen molar-refractivity contribution in [2.24, 2.45) is 0 Å². The average molecular weight is 447 g/mol. The Bertz CT molecular complexity index is 1130. The maximum atomic E-state index is 13.6. The summed E-state index contributed by atoms with van der Waals surface area (Å²) in [5.74, 6) is 0.151. The van der Waals surface area contributed by atoms with Crippen LogP contribution in [0.5, 0.6) is 5.75 Å². The van der Waals surface area contributed by atoms with Gasteiger partial charge in [0.1, 0.15) is 5.75 Å². The predicted octanol–water partition coefficient (Wildman–Crippen LogP) is 5.92. The number of halogens is 1. The molecular weight excluding hydrogens is 419 g/mol. The quantitative estimate of drug-likeness (QED) is 0.473. The number of carbonyl (C=O) groups is 2. The van der Waals surface area contributed by atoms with Gasteiger partial charge in [0.05, 0.1) is 6.04 Å². The van der Waals surface area contributed by atoms with Crippen LogP contribution in [0, 0.1) is 0 Å². The van der Waals surface area contributed by atoms with Gasteiger partial charge in [-0.2, -0.15) is 0 Å². The van der Waals surface area contributed by atoms with Crippen LogP contribution in [0.4, 0.5) is 15.8 Å². The number of carbonyl (C=O) groups excluding carboxylic acids is 2. The highest BCUT2D eigenvalue weighted by molar-refractivity contribution is 6.08. The van der Waals surface area contributed by atoms with Crippen molar-refractivity contribution < 1.29 is 18.7 Å². The van der Waals surface area contributed by atoms with E-state index in [9.17, 15) is 14.0 Å². The Hall–Kier alpha value is -3.67. The number of fused-ring (bicyclic) bond motifs is 1. The number of anilines is 2. The topological polar surface area (TPSA) is 49.9 Å². The van der Waals surface area contributed by atoms with Crippen LogP contribution >= 0.6 is 0 Å². The molecule has 0 radical (unpaired) electrons. The molecule has 0 aliphatic carbocycles. The van der Waals surface area contributed by atoms with E-state index in [2.05, 4.69) is 0 Å². The van der Waals surface area contributed by atoms with Gasteiger partial charge >= 0.3 is 0 Å². The molecule has 0 spiro atoms. The van der Waals surface area contributed by atoms with E-state index in [4.69, 9.17) is 4.74 Å². The summed E-state index contributed by atoms with van der Waals surface area (Å²) >= 11 is 0. The molecule has 0 fully saturated rings. The summed E-state index contributed by atoms with van der Waals surface area (Å²) in [6, 6.07) is 23.6. The van der Waals surface area contributed by atoms with Gasteiger partial charge in [0, 0.05) is 29.4 Å². The minimum Gasteiger partial charge on any atom is -0.463 e. The van der Waals surface area contributed by atoms with E-state index in [0.717, 1.165) is 16.9 Å². The first-order valence-electron chi connectivity index (χ1n) is 11.1. The van der Waals surface area contributed by atoms with E-state index >= 15 is 0 Å². The maximum absolute atomic E-state index is 13.6. The number of alkyl halides is 1. The van der Waals surface area contributed by atoms with Crippen molar-refractivity contribution in [1.82, 2.24) is 0 Å². The third-order valence-electron chi connectivity index (χ3n) is 6.00. The Morgan fingerprint density at radius 1 is 1.03 bits per heavy atom. The molecule has 170 valence electrons. The highest BCUT2D eigenvalue weighted by Gasteiger charge is 2.38. The number of hydrogen-bond acceptors (Lipinski definition) is 3. The van der Waals surface area contributed by atoms with Crippen molar-refractivity contribution in [3.8, 4) is 5.75 Å². The molecule has 3 aromatic rings. The molecule has 0 saturated carbocycles. The first kappa shape index (κ1) is 22.5. The molecule has 0 saturated heterocycles. The molecule has 4 rings (SSSR count). The van der Waals surface area contributed by atoms with Crippen molar-refractivity contribution in [3.05, 3.63) is 90.0 Å². The summed E-state index contributed by atoms with van der Waals surface area (Å²) in [5.41, 5.74) is 2.96. The molecule has 5 nitrogen and oxygen atoms in total. The number of amides is 2. The van der Waals surface area contributed by atoms with Crippen LogP contribution in [0.15, 0.2) is 78.9 Å². The Balaban J connectivity index is 1.76. The summed E-state index contributed by atoms with van der Waals surface area (Å²) in [5, 5.41) is 0. The lowest BCUT2D eigenvalue weighted by Crippen LogP contribution is -2.47. The first-order valence-corrected chi connectivity index (χ1v) is 11.1. The zero-order chi connectivity index (χ0) is 23.4. The standard InChI is InChI=1S/C27H27FN2O3/c1-3-26(31)30(21-11-5-4-6-12-21)25-16-19(2)29(24-15-8-7-14-23(24)25)27(32)20-10-9-13-22(17-20)33-18-28/h4-15,17,19,25H,3,16,18H2,1-2H3. The summed E-state index contributed by atoms with van der Waals surface area (Å²) in [6.07, 6.45) is 0.968. The SMILES string of the molecule is CCC(=O)N(c1ccccc1)C1CC(C)N(C(=O)c2cccc(OCF)c2)c2ccccc21. The van der Waals surface area contributed by atoms with Crippen LogP contribution in [-0.2, 0) is 4.79 Å². The summed E-state index contributed by atoms with van der Waals surface area (Å²) < 4.78 is 17.6. The van der Waals surface area contributed by atoms with E-state index in [1.54, 1.807) is 29.2 Å². The van der Waals surface area contributed by atoms with Gasteiger partial charge in [0.25, 0.3) is 5.91 Å². The van der Waals surface area contributed by atoms with Crippen molar-refractivity contribution in [3.63, 3.8) is 0 Å². The van der Waals surface area contributed by atoms with Gasteiger partial charge in [0.15, 0.2) is 0 Å². The van der Waals surface area contributed by atoms with Crippen LogP contribution in [0.2, 0.25) is 0 Å². The minimum absolute atomic E-state index is 0.0315. The van der Waals surface area contributed by atoms with E-state index in [1.807, 2.05) is 73.3 Å². The number of para-hydroxylation sites is 2. The average Bonchev–Trinajstić information content (AvgIpc) is 2.85. The van der Waals surface area contributed by atoms with E-state index in [0.29, 0.717) is 24.2 Å². The first-order chi connectivity index (χ1) is 16.0. The van der Waals surface area contributed by atoms with Gasteiger partial charge in [-0.05, 0) is 55.3 Å². The number of nitrogens with zero attached hydrogens (tertiary/aromatic N) is 2. The summed E-state index contributed by atoms with van der Waals surface area (Å²) in [7, 11) is 0. The van der Waals surface area contributed by atoms with Crippen molar-refractivity contribution in [2.45, 2.75) is 38.8 Å². The van der Waals surface area contributed by atoms with Crippen LogP contribution in [-0.4, -0.2) is 24.7 Å². The van der Waals surface area contributed by atoms with Gasteiger partial charge in [0.2, 0.25) is 12.8 Å². The molecule has 1 heterocycles. The largest absolute Gasteiger partial charge is 0.463 e. The minimum atomic E-state index is -0.955. The molecule has 3 aromatic carbocycles. The van der Waals surface area contributed by atoms with Crippen molar-refractivity contribution >= 4 is 23.2 Å². The molecule has 0 bridgehead atoms. The maximum Gasteiger partial charge on any atom is 0.258 e. The van der Waals surface area contributed by atoms with Crippen molar-refractivity contribution in [1.29, 1.82) is 0 Å². The molecule has 0 N–H and O–H groups in total. The molecule has 2 unspecified atom stereocenters. The van der Waals surface area contributed by atoms with E-state index < -0.39 is 6.86 Å². The normalized spacial score (nSPS) is 17.2. The Labute approximate surface area is 193 Å². The summed E-state index contributed by atoms with van der Waals surface area (Å²) in [6.45, 7) is 2.89. The molecule has 1 aliphatic rings. The lowest BCUT2D eigenvalue weighted by molar-refractivity contribution is -0.118. The second kappa shape index (κ2) is 9.86. The fourth-order valence-corrected chi connectivity index (χ4v) is 4.51. The fraction of sp³-hybridized carbons (Fsp3) is 0.259. The zero-order valence-corrected chi connectivity index (χ0v) is 18.8. The van der Waals surface area contributed by atoms with Crippen molar-refractivity contribution in [2.75, 3.05) is 16.7 Å². The Morgan fingerprint density at radius 3 is 2.48 bits per heavy atom. The fourth-order valence-electron chi connectivity index (χ4n) is 4.51. The third kappa shape index (κ3) is 4.46. The summed E-state index contributed by atoms with van der Waals surface area (Å²) in [4.78, 5) is 30.2. The molecule has 33 heavy (non-hydrogen) atoms. The molecule has 1 aliphatic heterocycles. The van der Waals surface area contributed by atoms with Gasteiger partial charge in [-0.3, -0.25) is 9.59 Å². The number of benzene rings is 3. The van der Waals surface area contributed by atoms with Gasteiger partial charge < -0.3 is 14.5 Å². The lowest BCUT2D eigenvalue weighted by Gasteiger charge is -2.43. The molecular formula is C27H27FN2O3. The van der Waals surface area contributed by atoms with E-state index in [-0.39, 0.29) is 23.9 Å². The Morgan fingerprint density at radius 2 is 1.76 bits per heavy atom. The van der Waals surface area contributed by atoms with Gasteiger partial charge in [-0.15, -0.1) is 0 Å². The van der Waals surface area contributed by atoms with Crippen LogP contribution in [0.3, 0.4) is 0 Å². The smallest absolute Gasteiger partial charge is 0.258 e.